The largest absolute Gasteiger partial charge is 0.463 e. The summed E-state index contributed by atoms with van der Waals surface area (Å²) in [7, 11) is 0. The van der Waals surface area contributed by atoms with Gasteiger partial charge in [0.1, 0.15) is 5.76 Å². The molecule has 0 bridgehead atoms. The fraction of sp³-hybridized carbons (Fsp3) is 0.333. The van der Waals surface area contributed by atoms with Gasteiger partial charge in [-0.1, -0.05) is 0 Å². The molecule has 2 N–H and O–H groups in total. The number of aryl methyl sites for hydroxylation is 1. The first kappa shape index (κ1) is 8.80. The van der Waals surface area contributed by atoms with Gasteiger partial charge in [0.15, 0.2) is 0 Å². The Hall–Kier alpha value is -1.48. The van der Waals surface area contributed by atoms with Crippen LogP contribution in [0, 0.1) is 0 Å². The van der Waals surface area contributed by atoms with E-state index < -0.39 is 0 Å². The Morgan fingerprint density at radius 2 is 2.40 bits per heavy atom. The molecular formula is C12H13NO2. The number of hydrogen-bond donors (Lipinski definition) is 2. The molecule has 0 aromatic carbocycles. The molecule has 3 nitrogen and oxygen atoms in total. The van der Waals surface area contributed by atoms with E-state index in [1.807, 2.05) is 12.1 Å². The third-order valence-corrected chi connectivity index (χ3v) is 2.97. The zero-order valence-electron chi connectivity index (χ0n) is 8.36. The molecule has 3 heteroatoms. The molecule has 78 valence electrons. The summed E-state index contributed by atoms with van der Waals surface area (Å²) in [5.74, 6) is 0.860. The highest BCUT2D eigenvalue weighted by atomic mass is 16.3. The maximum Gasteiger partial charge on any atom is 0.150 e. The average Bonchev–Trinajstić information content (AvgIpc) is 2.84. The van der Waals surface area contributed by atoms with Gasteiger partial charge in [-0.05, 0) is 36.6 Å². The van der Waals surface area contributed by atoms with Crippen molar-refractivity contribution >= 4 is 0 Å². The highest BCUT2D eigenvalue weighted by Crippen LogP contribution is 2.27. The normalized spacial score (nSPS) is 20.2. The van der Waals surface area contributed by atoms with E-state index in [9.17, 15) is 5.11 Å². The van der Waals surface area contributed by atoms with Crippen molar-refractivity contribution in [1.82, 2.24) is 4.98 Å². The lowest BCUT2D eigenvalue weighted by Crippen LogP contribution is -2.17. The van der Waals surface area contributed by atoms with Crippen LogP contribution in [0.25, 0.3) is 11.5 Å². The van der Waals surface area contributed by atoms with Crippen LogP contribution in [0.5, 0.6) is 0 Å². The monoisotopic (exact) mass is 203 g/mol. The minimum absolute atomic E-state index is 0.194. The van der Waals surface area contributed by atoms with Crippen LogP contribution >= 0.6 is 0 Å². The number of nitrogens with one attached hydrogen (secondary N) is 1. The minimum Gasteiger partial charge on any atom is -0.463 e. The molecule has 0 spiro atoms. The molecule has 15 heavy (non-hydrogen) atoms. The van der Waals surface area contributed by atoms with Crippen LogP contribution < -0.4 is 0 Å². The molecule has 0 aliphatic heterocycles. The second-order valence-corrected chi connectivity index (χ2v) is 4.06. The highest BCUT2D eigenvalue weighted by Gasteiger charge is 2.19. The first-order valence-electron chi connectivity index (χ1n) is 5.25. The highest BCUT2D eigenvalue weighted by molar-refractivity contribution is 5.55. The summed E-state index contributed by atoms with van der Waals surface area (Å²) in [6.07, 6.45) is 4.02. The molecule has 2 aromatic heterocycles. The summed E-state index contributed by atoms with van der Waals surface area (Å²) in [5, 5.41) is 9.55. The van der Waals surface area contributed by atoms with Crippen molar-refractivity contribution < 1.29 is 9.52 Å². The summed E-state index contributed by atoms with van der Waals surface area (Å²) < 4.78 is 5.33. The molecule has 2 aromatic rings. The Morgan fingerprint density at radius 3 is 3.20 bits per heavy atom. The number of aliphatic hydroxyl groups is 1. The van der Waals surface area contributed by atoms with E-state index in [1.54, 1.807) is 6.26 Å². The van der Waals surface area contributed by atoms with Crippen molar-refractivity contribution in [3.63, 3.8) is 0 Å². The van der Waals surface area contributed by atoms with E-state index in [0.717, 1.165) is 36.4 Å². The number of hydrogen-bond acceptors (Lipinski definition) is 2. The van der Waals surface area contributed by atoms with Gasteiger partial charge in [0, 0.05) is 12.1 Å². The predicted molar refractivity (Wildman–Crippen MR) is 56.5 cm³/mol. The van der Waals surface area contributed by atoms with Crippen LogP contribution in [0.15, 0.2) is 28.9 Å². The number of furan rings is 1. The number of rotatable bonds is 1. The SMILES string of the molecule is OC1CCc2cc(-c3ccco3)[nH]c2C1. The third kappa shape index (κ3) is 1.49. The second-order valence-electron chi connectivity index (χ2n) is 4.06. The van der Waals surface area contributed by atoms with E-state index in [1.165, 1.54) is 5.56 Å². The topological polar surface area (TPSA) is 49.2 Å². The summed E-state index contributed by atoms with van der Waals surface area (Å²) in [6.45, 7) is 0. The van der Waals surface area contributed by atoms with Crippen LogP contribution in [0.2, 0.25) is 0 Å². The Morgan fingerprint density at radius 1 is 1.47 bits per heavy atom. The van der Waals surface area contributed by atoms with Crippen molar-refractivity contribution in [3.05, 3.63) is 35.7 Å². The van der Waals surface area contributed by atoms with E-state index in [0.29, 0.717) is 0 Å². The van der Waals surface area contributed by atoms with Crippen LogP contribution in [-0.4, -0.2) is 16.2 Å². The molecule has 1 aliphatic rings. The predicted octanol–water partition coefficient (Wildman–Crippen LogP) is 2.12. The molecular weight excluding hydrogens is 190 g/mol. The fourth-order valence-electron chi connectivity index (χ4n) is 2.17. The summed E-state index contributed by atoms with van der Waals surface area (Å²) in [6, 6.07) is 5.94. The molecule has 2 heterocycles. The first-order valence-corrected chi connectivity index (χ1v) is 5.25. The maximum atomic E-state index is 9.55. The van der Waals surface area contributed by atoms with Gasteiger partial charge in [-0.3, -0.25) is 0 Å². The third-order valence-electron chi connectivity index (χ3n) is 2.97. The van der Waals surface area contributed by atoms with Crippen LogP contribution in [0.1, 0.15) is 17.7 Å². The van der Waals surface area contributed by atoms with E-state index in [4.69, 9.17) is 4.42 Å². The molecule has 0 amide bonds. The Labute approximate surface area is 87.7 Å². The van der Waals surface area contributed by atoms with Crippen molar-refractivity contribution in [2.75, 3.05) is 0 Å². The average molecular weight is 203 g/mol. The van der Waals surface area contributed by atoms with Crippen molar-refractivity contribution in [3.8, 4) is 11.5 Å². The van der Waals surface area contributed by atoms with E-state index in [-0.39, 0.29) is 6.10 Å². The van der Waals surface area contributed by atoms with Crippen molar-refractivity contribution in [2.24, 2.45) is 0 Å². The first-order chi connectivity index (χ1) is 7.33. The zero-order valence-corrected chi connectivity index (χ0v) is 8.36. The van der Waals surface area contributed by atoms with Crippen LogP contribution in [-0.2, 0) is 12.8 Å². The van der Waals surface area contributed by atoms with Gasteiger partial charge in [0.2, 0.25) is 0 Å². The van der Waals surface area contributed by atoms with Crippen LogP contribution in [0.4, 0.5) is 0 Å². The lowest BCUT2D eigenvalue weighted by molar-refractivity contribution is 0.157. The zero-order chi connectivity index (χ0) is 10.3. The maximum absolute atomic E-state index is 9.55. The molecule has 0 saturated carbocycles. The van der Waals surface area contributed by atoms with Gasteiger partial charge in [0.25, 0.3) is 0 Å². The van der Waals surface area contributed by atoms with Crippen molar-refractivity contribution in [1.29, 1.82) is 0 Å². The van der Waals surface area contributed by atoms with Gasteiger partial charge in [-0.2, -0.15) is 0 Å². The standard InChI is InChI=1S/C12H13NO2/c14-9-4-3-8-6-11(13-10(8)7-9)12-2-1-5-15-12/h1-2,5-6,9,13-14H,3-4,7H2. The summed E-state index contributed by atoms with van der Waals surface area (Å²) in [5.41, 5.74) is 3.48. The van der Waals surface area contributed by atoms with Gasteiger partial charge >= 0.3 is 0 Å². The quantitative estimate of drug-likeness (QED) is 0.745. The minimum atomic E-state index is -0.194. The van der Waals surface area contributed by atoms with Gasteiger partial charge in [-0.15, -0.1) is 0 Å². The van der Waals surface area contributed by atoms with Gasteiger partial charge in [0.05, 0.1) is 18.1 Å². The lowest BCUT2D eigenvalue weighted by Gasteiger charge is -2.16. The lowest BCUT2D eigenvalue weighted by atomic mass is 9.96. The summed E-state index contributed by atoms with van der Waals surface area (Å²) >= 11 is 0. The smallest absolute Gasteiger partial charge is 0.150 e. The molecule has 1 atom stereocenters. The molecule has 1 unspecified atom stereocenters. The molecule has 0 fully saturated rings. The Kier molecular flexibility index (Phi) is 1.92. The Bertz CT molecular complexity index is 456. The molecule has 1 aliphatic carbocycles. The fourth-order valence-corrected chi connectivity index (χ4v) is 2.17. The second kappa shape index (κ2) is 3.28. The van der Waals surface area contributed by atoms with Crippen molar-refractivity contribution in [2.45, 2.75) is 25.4 Å². The number of H-pyrrole nitrogens is 1. The number of aromatic nitrogens is 1. The number of fused-ring (bicyclic) bond motifs is 1. The summed E-state index contributed by atoms with van der Waals surface area (Å²) in [4.78, 5) is 3.31. The molecule has 0 saturated heterocycles. The van der Waals surface area contributed by atoms with E-state index in [2.05, 4.69) is 11.1 Å². The van der Waals surface area contributed by atoms with Crippen LogP contribution in [0.3, 0.4) is 0 Å². The number of aliphatic hydroxyl groups excluding tert-OH is 1. The van der Waals surface area contributed by atoms with Gasteiger partial charge in [-0.25, -0.2) is 0 Å². The number of aromatic amines is 1. The van der Waals surface area contributed by atoms with Gasteiger partial charge < -0.3 is 14.5 Å². The van der Waals surface area contributed by atoms with E-state index >= 15 is 0 Å². The molecule has 0 radical (unpaired) electrons. The Balaban J connectivity index is 2.00. The molecule has 3 rings (SSSR count).